The van der Waals surface area contributed by atoms with Gasteiger partial charge in [-0.05, 0) is 31.2 Å². The maximum absolute atomic E-state index is 11.5. The van der Waals surface area contributed by atoms with Gasteiger partial charge in [0, 0.05) is 5.69 Å². The van der Waals surface area contributed by atoms with Crippen molar-refractivity contribution in [1.82, 2.24) is 0 Å². The highest BCUT2D eigenvalue weighted by molar-refractivity contribution is 6.02. The molecule has 102 valence electrons. The van der Waals surface area contributed by atoms with Gasteiger partial charge in [0.05, 0.1) is 19.3 Å². The van der Waals surface area contributed by atoms with Crippen molar-refractivity contribution in [3.8, 4) is 0 Å². The van der Waals surface area contributed by atoms with E-state index in [1.165, 1.54) is 19.2 Å². The van der Waals surface area contributed by atoms with E-state index in [4.69, 9.17) is 0 Å². The standard InChI is InChI=1S/C13H15NO5/c1-3-19-12(16)8-11(15)14-10-6-4-9(5-7-10)13(17)18-2/h4-7H,3,8H2,1-2H3,(H,14,15). The van der Waals surface area contributed by atoms with Gasteiger partial charge in [-0.1, -0.05) is 0 Å². The highest BCUT2D eigenvalue weighted by atomic mass is 16.5. The zero-order valence-electron chi connectivity index (χ0n) is 10.8. The summed E-state index contributed by atoms with van der Waals surface area (Å²) < 4.78 is 9.20. The quantitative estimate of drug-likeness (QED) is 0.642. The SMILES string of the molecule is CCOC(=O)CC(=O)Nc1ccc(C(=O)OC)cc1. The van der Waals surface area contributed by atoms with E-state index in [0.717, 1.165) is 0 Å². The molecule has 0 unspecified atom stereocenters. The fraction of sp³-hybridized carbons (Fsp3) is 0.308. The highest BCUT2D eigenvalue weighted by Gasteiger charge is 2.11. The summed E-state index contributed by atoms with van der Waals surface area (Å²) in [5.74, 6) is -1.50. The summed E-state index contributed by atoms with van der Waals surface area (Å²) in [5.41, 5.74) is 0.868. The van der Waals surface area contributed by atoms with Gasteiger partial charge in [-0.25, -0.2) is 4.79 Å². The summed E-state index contributed by atoms with van der Waals surface area (Å²) in [5, 5.41) is 2.52. The molecule has 0 fully saturated rings. The maximum atomic E-state index is 11.5. The van der Waals surface area contributed by atoms with Gasteiger partial charge in [-0.15, -0.1) is 0 Å². The Hall–Kier alpha value is -2.37. The smallest absolute Gasteiger partial charge is 0.337 e. The first kappa shape index (κ1) is 14.7. The molecular weight excluding hydrogens is 250 g/mol. The number of anilines is 1. The van der Waals surface area contributed by atoms with Crippen LogP contribution >= 0.6 is 0 Å². The van der Waals surface area contributed by atoms with E-state index in [1.54, 1.807) is 19.1 Å². The van der Waals surface area contributed by atoms with Crippen molar-refractivity contribution in [2.24, 2.45) is 0 Å². The molecule has 19 heavy (non-hydrogen) atoms. The molecule has 0 aliphatic carbocycles. The van der Waals surface area contributed by atoms with Crippen LogP contribution in [0.4, 0.5) is 5.69 Å². The predicted molar refractivity (Wildman–Crippen MR) is 67.7 cm³/mol. The molecule has 0 aliphatic rings. The lowest BCUT2D eigenvalue weighted by Gasteiger charge is -2.05. The largest absolute Gasteiger partial charge is 0.466 e. The summed E-state index contributed by atoms with van der Waals surface area (Å²) in [6.45, 7) is 1.90. The third kappa shape index (κ3) is 4.79. The monoisotopic (exact) mass is 265 g/mol. The Bertz CT molecular complexity index is 466. The lowest BCUT2D eigenvalue weighted by molar-refractivity contribution is -0.145. The molecule has 0 spiro atoms. The van der Waals surface area contributed by atoms with Gasteiger partial charge < -0.3 is 14.8 Å². The molecular formula is C13H15NO5. The molecule has 0 aliphatic heterocycles. The van der Waals surface area contributed by atoms with Crippen molar-refractivity contribution in [2.45, 2.75) is 13.3 Å². The minimum atomic E-state index is -0.578. The normalized spacial score (nSPS) is 9.58. The molecule has 0 radical (unpaired) electrons. The van der Waals surface area contributed by atoms with Crippen LogP contribution in [-0.4, -0.2) is 31.6 Å². The number of rotatable bonds is 5. The first-order valence-corrected chi connectivity index (χ1v) is 5.70. The Balaban J connectivity index is 2.56. The van der Waals surface area contributed by atoms with E-state index in [-0.39, 0.29) is 13.0 Å². The van der Waals surface area contributed by atoms with Crippen molar-refractivity contribution < 1.29 is 23.9 Å². The summed E-state index contributed by atoms with van der Waals surface area (Å²) >= 11 is 0. The van der Waals surface area contributed by atoms with Crippen LogP contribution in [0.1, 0.15) is 23.7 Å². The summed E-state index contributed by atoms with van der Waals surface area (Å²) in [6.07, 6.45) is -0.341. The fourth-order valence-electron chi connectivity index (χ4n) is 1.36. The zero-order valence-corrected chi connectivity index (χ0v) is 10.8. The number of amides is 1. The van der Waals surface area contributed by atoms with E-state index in [1.807, 2.05) is 0 Å². The van der Waals surface area contributed by atoms with Gasteiger partial charge in [0.25, 0.3) is 0 Å². The highest BCUT2D eigenvalue weighted by Crippen LogP contribution is 2.10. The summed E-state index contributed by atoms with van der Waals surface area (Å²) in [6, 6.07) is 6.14. The van der Waals surface area contributed by atoms with E-state index in [2.05, 4.69) is 14.8 Å². The number of carbonyl (C=O) groups is 3. The molecule has 0 heterocycles. The van der Waals surface area contributed by atoms with E-state index >= 15 is 0 Å². The number of nitrogens with one attached hydrogen (secondary N) is 1. The van der Waals surface area contributed by atoms with Gasteiger partial charge in [0.1, 0.15) is 6.42 Å². The number of hydrogen-bond donors (Lipinski definition) is 1. The molecule has 1 aromatic rings. The predicted octanol–water partition coefficient (Wildman–Crippen LogP) is 1.36. The van der Waals surface area contributed by atoms with Gasteiger partial charge >= 0.3 is 11.9 Å². The Morgan fingerprint density at radius 1 is 1.16 bits per heavy atom. The summed E-state index contributed by atoms with van der Waals surface area (Å²) in [7, 11) is 1.29. The Kier molecular flexibility index (Phi) is 5.53. The zero-order chi connectivity index (χ0) is 14.3. The van der Waals surface area contributed by atoms with Crippen LogP contribution in [0.2, 0.25) is 0 Å². The number of esters is 2. The van der Waals surface area contributed by atoms with Crippen LogP contribution in [0.15, 0.2) is 24.3 Å². The number of carbonyl (C=O) groups excluding carboxylic acids is 3. The first-order chi connectivity index (χ1) is 9.06. The molecule has 1 amide bonds. The number of hydrogen-bond acceptors (Lipinski definition) is 5. The summed E-state index contributed by atoms with van der Waals surface area (Å²) in [4.78, 5) is 33.7. The third-order valence-corrected chi connectivity index (χ3v) is 2.20. The molecule has 6 nitrogen and oxygen atoms in total. The number of ether oxygens (including phenoxy) is 2. The van der Waals surface area contributed by atoms with Crippen LogP contribution in [0, 0.1) is 0 Å². The van der Waals surface area contributed by atoms with Crippen LogP contribution < -0.4 is 5.32 Å². The third-order valence-electron chi connectivity index (χ3n) is 2.20. The Labute approximate surface area is 110 Å². The van der Waals surface area contributed by atoms with Crippen molar-refractivity contribution in [2.75, 3.05) is 19.0 Å². The van der Waals surface area contributed by atoms with Gasteiger partial charge in [0.2, 0.25) is 5.91 Å². The second kappa shape index (κ2) is 7.15. The second-order valence-electron chi connectivity index (χ2n) is 3.60. The molecule has 0 saturated heterocycles. The average Bonchev–Trinajstić information content (AvgIpc) is 2.38. The number of benzene rings is 1. The molecule has 0 aromatic heterocycles. The fourth-order valence-corrected chi connectivity index (χ4v) is 1.36. The van der Waals surface area contributed by atoms with Crippen molar-refractivity contribution >= 4 is 23.5 Å². The van der Waals surface area contributed by atoms with Crippen molar-refractivity contribution in [3.05, 3.63) is 29.8 Å². The van der Waals surface area contributed by atoms with E-state index in [9.17, 15) is 14.4 Å². The minimum absolute atomic E-state index is 0.236. The number of methoxy groups -OCH3 is 1. The molecule has 6 heteroatoms. The van der Waals surface area contributed by atoms with Crippen LogP contribution in [-0.2, 0) is 19.1 Å². The van der Waals surface area contributed by atoms with Crippen molar-refractivity contribution in [3.63, 3.8) is 0 Å². The maximum Gasteiger partial charge on any atom is 0.337 e. The molecule has 0 atom stereocenters. The van der Waals surface area contributed by atoms with E-state index < -0.39 is 17.8 Å². The first-order valence-electron chi connectivity index (χ1n) is 5.70. The van der Waals surface area contributed by atoms with E-state index in [0.29, 0.717) is 11.3 Å². The average molecular weight is 265 g/mol. The molecule has 1 rings (SSSR count). The Morgan fingerprint density at radius 2 is 1.79 bits per heavy atom. The van der Waals surface area contributed by atoms with Crippen molar-refractivity contribution in [1.29, 1.82) is 0 Å². The molecule has 0 saturated carbocycles. The van der Waals surface area contributed by atoms with Gasteiger partial charge in [-0.3, -0.25) is 9.59 Å². The van der Waals surface area contributed by atoms with Crippen LogP contribution in [0.5, 0.6) is 0 Å². The molecule has 0 bridgehead atoms. The minimum Gasteiger partial charge on any atom is -0.466 e. The van der Waals surface area contributed by atoms with Crippen LogP contribution in [0.3, 0.4) is 0 Å². The molecule has 1 N–H and O–H groups in total. The lowest BCUT2D eigenvalue weighted by Crippen LogP contribution is -2.18. The van der Waals surface area contributed by atoms with Crippen LogP contribution in [0.25, 0.3) is 0 Å². The Morgan fingerprint density at radius 3 is 2.32 bits per heavy atom. The van der Waals surface area contributed by atoms with Gasteiger partial charge in [-0.2, -0.15) is 0 Å². The lowest BCUT2D eigenvalue weighted by atomic mass is 10.2. The topological polar surface area (TPSA) is 81.7 Å². The second-order valence-corrected chi connectivity index (χ2v) is 3.60. The van der Waals surface area contributed by atoms with Gasteiger partial charge in [0.15, 0.2) is 0 Å². The molecule has 1 aromatic carbocycles.